The van der Waals surface area contributed by atoms with Crippen molar-refractivity contribution in [3.8, 4) is 20.9 Å². The lowest BCUT2D eigenvalue weighted by molar-refractivity contribution is 0.321. The number of anilines is 2. The first-order valence-electron chi connectivity index (χ1n) is 22.4. The number of H-pyrrole nitrogens is 1. The molecule has 6 heterocycles. The van der Waals surface area contributed by atoms with Crippen LogP contribution in [0.1, 0.15) is 150 Å². The summed E-state index contributed by atoms with van der Waals surface area (Å²) in [6.07, 6.45) is 23.8. The lowest BCUT2D eigenvalue weighted by Crippen LogP contribution is -2.33. The second-order valence-electron chi connectivity index (χ2n) is 17.0. The summed E-state index contributed by atoms with van der Waals surface area (Å²) in [5.74, 6) is 4.56. The minimum Gasteiger partial charge on any atom is -0.363 e. The summed E-state index contributed by atoms with van der Waals surface area (Å²) in [6.45, 7) is 16.3. The molecule has 55 heavy (non-hydrogen) atoms. The van der Waals surface area contributed by atoms with E-state index in [0.29, 0.717) is 0 Å². The number of aromatic amines is 1. The Hall–Kier alpha value is -2.49. The highest BCUT2D eigenvalue weighted by Crippen LogP contribution is 2.48. The van der Waals surface area contributed by atoms with Crippen LogP contribution in [0.5, 0.6) is 0 Å². The summed E-state index contributed by atoms with van der Waals surface area (Å²) in [5, 5.41) is 2.77. The van der Waals surface area contributed by atoms with Gasteiger partial charge >= 0.3 is 0 Å². The van der Waals surface area contributed by atoms with Crippen LogP contribution in [-0.2, 0) is 6.42 Å². The summed E-state index contributed by atoms with van der Waals surface area (Å²) >= 11 is 5.30. The Bertz CT molecular complexity index is 1770. The minimum absolute atomic E-state index is 0.878. The van der Waals surface area contributed by atoms with Crippen LogP contribution in [0.4, 0.5) is 10.0 Å². The zero-order valence-corrected chi connectivity index (χ0v) is 37.1. The molecule has 5 aromatic rings. The normalized spacial score (nSPS) is 17.3. The van der Waals surface area contributed by atoms with Crippen LogP contribution in [0.2, 0.25) is 0 Å². The highest BCUT2D eigenvalue weighted by molar-refractivity contribution is 7.20. The first kappa shape index (κ1) is 40.7. The average molecular weight is 801 g/mol. The van der Waals surface area contributed by atoms with E-state index in [4.69, 9.17) is 14.3 Å². The van der Waals surface area contributed by atoms with Crippen molar-refractivity contribution in [1.82, 2.24) is 18.7 Å². The molecule has 6 nitrogen and oxygen atoms in total. The van der Waals surface area contributed by atoms with E-state index < -0.39 is 0 Å². The average Bonchev–Trinajstić information content (AvgIpc) is 4.06. The standard InChI is InChI=1S/C46H68N6S3/c1-6-11-14-32(9-4)16-18-34-24-28-51(29-25-34)39-22-20-36(53-39)41-43-44(48-38(47-43)13-8-3)42(46-45(41)49-55-50-46)37-21-23-40(54-37)52-30-26-35(27-31-52)19-17-33(10-5)15-12-7-2/h20-23,32-35,49H,6-19,24-31H2,1-5H3. The molecule has 9 heteroatoms. The number of thiophene rings is 2. The maximum absolute atomic E-state index is 5.28. The largest absolute Gasteiger partial charge is 0.363 e. The van der Waals surface area contributed by atoms with E-state index in [2.05, 4.69) is 73.1 Å². The highest BCUT2D eigenvalue weighted by atomic mass is 32.1. The van der Waals surface area contributed by atoms with Crippen molar-refractivity contribution in [2.45, 2.75) is 150 Å². The van der Waals surface area contributed by atoms with Crippen molar-refractivity contribution >= 4 is 66.5 Å². The minimum atomic E-state index is 0.878. The van der Waals surface area contributed by atoms with Gasteiger partial charge in [-0.25, -0.2) is 9.97 Å². The molecule has 2 atom stereocenters. The Morgan fingerprint density at radius 1 is 0.636 bits per heavy atom. The van der Waals surface area contributed by atoms with Gasteiger partial charge in [-0.3, -0.25) is 4.37 Å². The van der Waals surface area contributed by atoms with Crippen molar-refractivity contribution in [2.75, 3.05) is 36.0 Å². The van der Waals surface area contributed by atoms with Crippen LogP contribution < -0.4 is 9.80 Å². The Kier molecular flexibility index (Phi) is 14.6. The molecule has 2 aliphatic heterocycles. The zero-order valence-electron chi connectivity index (χ0n) is 34.6. The smallest absolute Gasteiger partial charge is 0.129 e. The fourth-order valence-corrected chi connectivity index (χ4v) is 12.3. The fourth-order valence-electron chi connectivity index (χ4n) is 9.51. The number of aryl methyl sites for hydroxylation is 1. The molecule has 0 saturated carbocycles. The molecule has 0 radical (unpaired) electrons. The van der Waals surface area contributed by atoms with E-state index in [0.717, 1.165) is 83.1 Å². The SMILES string of the molecule is CCCCC(CC)CCC1CCN(c2ccc(-c3c4nc(CCC)nc4c(-c4ccc(N5CCC(CCC(CC)CCCC)CC5)s4)c4[nH]snc34)s2)CC1. The number of piperidine rings is 2. The number of nitrogens with zero attached hydrogens (tertiary/aromatic N) is 5. The lowest BCUT2D eigenvalue weighted by Gasteiger charge is -2.33. The van der Waals surface area contributed by atoms with Gasteiger partial charge in [0.1, 0.15) is 22.4 Å². The topological polar surface area (TPSA) is 60.9 Å². The monoisotopic (exact) mass is 800 g/mol. The number of rotatable bonds is 20. The van der Waals surface area contributed by atoms with E-state index in [-0.39, 0.29) is 0 Å². The fraction of sp³-hybridized carbons (Fsp3) is 0.674. The van der Waals surface area contributed by atoms with E-state index in [1.165, 1.54) is 153 Å². The van der Waals surface area contributed by atoms with Crippen LogP contribution in [0.25, 0.3) is 42.9 Å². The maximum Gasteiger partial charge on any atom is 0.129 e. The number of unbranched alkanes of at least 4 members (excludes halogenated alkanes) is 2. The van der Waals surface area contributed by atoms with E-state index in [1.54, 1.807) is 0 Å². The molecule has 2 fully saturated rings. The van der Waals surface area contributed by atoms with Crippen molar-refractivity contribution in [2.24, 2.45) is 23.7 Å². The lowest BCUT2D eigenvalue weighted by atomic mass is 9.86. The predicted molar refractivity (Wildman–Crippen MR) is 243 cm³/mol. The quantitative estimate of drug-likeness (QED) is 0.0849. The van der Waals surface area contributed by atoms with Crippen molar-refractivity contribution < 1.29 is 0 Å². The van der Waals surface area contributed by atoms with Crippen LogP contribution in [0.15, 0.2) is 24.3 Å². The number of imidazole rings is 1. The molecule has 7 rings (SSSR count). The number of nitrogens with one attached hydrogen (secondary N) is 1. The van der Waals surface area contributed by atoms with Gasteiger partial charge in [-0.2, -0.15) is 4.37 Å². The summed E-state index contributed by atoms with van der Waals surface area (Å²) in [5.41, 5.74) is 6.53. The molecule has 0 aliphatic carbocycles. The third kappa shape index (κ3) is 9.63. The summed E-state index contributed by atoms with van der Waals surface area (Å²) in [7, 11) is 0. The van der Waals surface area contributed by atoms with Gasteiger partial charge in [0.2, 0.25) is 0 Å². The molecule has 0 spiro atoms. The molecule has 2 aliphatic rings. The van der Waals surface area contributed by atoms with Crippen molar-refractivity contribution in [1.29, 1.82) is 0 Å². The molecular formula is C46H68N6S3. The van der Waals surface area contributed by atoms with Gasteiger partial charge in [0.25, 0.3) is 0 Å². The maximum atomic E-state index is 5.28. The van der Waals surface area contributed by atoms with E-state index in [9.17, 15) is 0 Å². The van der Waals surface area contributed by atoms with Gasteiger partial charge in [-0.15, -0.1) is 22.7 Å². The Balaban J connectivity index is 1.07. The Labute approximate surface area is 344 Å². The molecule has 2 saturated heterocycles. The van der Waals surface area contributed by atoms with Gasteiger partial charge in [0, 0.05) is 65.2 Å². The molecule has 2 unspecified atom stereocenters. The van der Waals surface area contributed by atoms with Gasteiger partial charge in [-0.1, -0.05) is 112 Å². The van der Waals surface area contributed by atoms with Gasteiger partial charge in [0.05, 0.1) is 15.5 Å². The molecule has 1 N–H and O–H groups in total. The highest BCUT2D eigenvalue weighted by Gasteiger charge is 2.28. The second kappa shape index (κ2) is 19.8. The van der Waals surface area contributed by atoms with Gasteiger partial charge in [-0.05, 0) is 80.0 Å². The Morgan fingerprint density at radius 2 is 1.15 bits per heavy atom. The first-order valence-corrected chi connectivity index (χ1v) is 24.8. The van der Waals surface area contributed by atoms with Gasteiger partial charge in [0.15, 0.2) is 0 Å². The van der Waals surface area contributed by atoms with Crippen LogP contribution in [-0.4, -0.2) is 44.9 Å². The first-order chi connectivity index (χ1) is 27.0. The summed E-state index contributed by atoms with van der Waals surface area (Å²) < 4.78 is 8.67. The van der Waals surface area contributed by atoms with E-state index >= 15 is 0 Å². The molecule has 0 bridgehead atoms. The molecular weight excluding hydrogens is 733 g/mol. The molecule has 1 aromatic carbocycles. The number of benzene rings is 1. The summed E-state index contributed by atoms with van der Waals surface area (Å²) in [4.78, 5) is 18.4. The van der Waals surface area contributed by atoms with Crippen LogP contribution in [0.3, 0.4) is 0 Å². The number of fused-ring (bicyclic) bond motifs is 2. The van der Waals surface area contributed by atoms with Crippen LogP contribution >= 0.6 is 34.4 Å². The second-order valence-corrected chi connectivity index (χ2v) is 19.7. The number of aromatic nitrogens is 4. The van der Waals surface area contributed by atoms with E-state index in [1.807, 2.05) is 22.7 Å². The third-order valence-electron chi connectivity index (χ3n) is 13.2. The summed E-state index contributed by atoms with van der Waals surface area (Å²) in [6, 6.07) is 9.37. The third-order valence-corrected chi connectivity index (χ3v) is 16.1. The van der Waals surface area contributed by atoms with Crippen molar-refractivity contribution in [3.63, 3.8) is 0 Å². The van der Waals surface area contributed by atoms with Crippen molar-refractivity contribution in [3.05, 3.63) is 30.1 Å². The predicted octanol–water partition coefficient (Wildman–Crippen LogP) is 14.4. The van der Waals surface area contributed by atoms with Gasteiger partial charge < -0.3 is 9.80 Å². The Morgan fingerprint density at radius 3 is 1.64 bits per heavy atom. The number of hydrogen-bond acceptors (Lipinski definition) is 8. The van der Waals surface area contributed by atoms with Crippen LogP contribution in [0, 0.1) is 23.7 Å². The molecule has 4 aromatic heterocycles. The number of hydrogen-bond donors (Lipinski definition) is 1. The molecule has 300 valence electrons. The molecule has 0 amide bonds. The zero-order chi connectivity index (χ0) is 38.1.